The van der Waals surface area contributed by atoms with Gasteiger partial charge in [-0.2, -0.15) is 0 Å². The van der Waals surface area contributed by atoms with E-state index in [1.165, 1.54) is 0 Å². The van der Waals surface area contributed by atoms with Crippen molar-refractivity contribution in [2.75, 3.05) is 18.0 Å². The van der Waals surface area contributed by atoms with E-state index in [4.69, 9.17) is 5.11 Å². The van der Waals surface area contributed by atoms with Crippen LogP contribution in [0.1, 0.15) is 30.5 Å². The summed E-state index contributed by atoms with van der Waals surface area (Å²) in [6, 6.07) is 0. The van der Waals surface area contributed by atoms with Crippen molar-refractivity contribution in [2.45, 2.75) is 32.1 Å². The third-order valence-electron chi connectivity index (χ3n) is 4.34. The second-order valence-electron chi connectivity index (χ2n) is 5.68. The van der Waals surface area contributed by atoms with Crippen LogP contribution in [0.4, 0.5) is 5.95 Å². The highest BCUT2D eigenvalue weighted by Crippen LogP contribution is 2.24. The molecule has 1 fully saturated rings. The Kier molecular flexibility index (Phi) is 3.23. The van der Waals surface area contributed by atoms with Gasteiger partial charge in [0.05, 0.1) is 11.6 Å². The maximum atomic E-state index is 12.3. The smallest absolute Gasteiger partial charge is 0.308 e. The Balaban J connectivity index is 1.96. The molecule has 3 rings (SSSR count). The average Bonchev–Trinajstić information content (AvgIpc) is 2.91. The maximum Gasteiger partial charge on any atom is 0.308 e. The van der Waals surface area contributed by atoms with Crippen LogP contribution in [0.5, 0.6) is 0 Å². The molecule has 0 saturated carbocycles. The zero-order valence-corrected chi connectivity index (χ0v) is 11.6. The van der Waals surface area contributed by atoms with Crippen LogP contribution in [-0.2, 0) is 24.7 Å². The summed E-state index contributed by atoms with van der Waals surface area (Å²) in [4.78, 5) is 30.0. The third-order valence-corrected chi connectivity index (χ3v) is 4.34. The number of aliphatic carboxylic acids is 1. The number of rotatable bonds is 2. The van der Waals surface area contributed by atoms with Crippen LogP contribution < -0.4 is 10.5 Å². The zero-order chi connectivity index (χ0) is 14.3. The SMILES string of the molecule is Cn1c(N2CCCC(C(=O)O)C2)nc2c(c1=O)CCC2. The number of carbonyl (C=O) groups is 1. The fraction of sp³-hybridized carbons (Fsp3) is 0.643. The minimum atomic E-state index is -0.763. The molecule has 0 radical (unpaired) electrons. The topological polar surface area (TPSA) is 75.4 Å². The Hall–Kier alpha value is -1.85. The van der Waals surface area contributed by atoms with E-state index in [1.807, 2.05) is 4.90 Å². The monoisotopic (exact) mass is 277 g/mol. The lowest BCUT2D eigenvalue weighted by molar-refractivity contribution is -0.141. The van der Waals surface area contributed by atoms with Crippen molar-refractivity contribution in [3.8, 4) is 0 Å². The van der Waals surface area contributed by atoms with E-state index in [0.717, 1.165) is 43.5 Å². The number of carboxylic acids is 1. The molecule has 6 heteroatoms. The molecule has 1 N–H and O–H groups in total. The molecule has 0 amide bonds. The molecule has 6 nitrogen and oxygen atoms in total. The molecule has 2 heterocycles. The van der Waals surface area contributed by atoms with Crippen LogP contribution in [0.15, 0.2) is 4.79 Å². The highest BCUT2D eigenvalue weighted by atomic mass is 16.4. The lowest BCUT2D eigenvalue weighted by atomic mass is 9.99. The van der Waals surface area contributed by atoms with Gasteiger partial charge in [-0.3, -0.25) is 14.2 Å². The van der Waals surface area contributed by atoms with E-state index in [-0.39, 0.29) is 11.5 Å². The molecule has 0 aromatic carbocycles. The molecule has 108 valence electrons. The Morgan fingerprint density at radius 1 is 1.35 bits per heavy atom. The van der Waals surface area contributed by atoms with Gasteiger partial charge < -0.3 is 10.0 Å². The number of aromatic nitrogens is 2. The minimum Gasteiger partial charge on any atom is -0.481 e. The number of hydrogen-bond donors (Lipinski definition) is 1. The quantitative estimate of drug-likeness (QED) is 0.855. The van der Waals surface area contributed by atoms with Crippen LogP contribution in [-0.4, -0.2) is 33.7 Å². The van der Waals surface area contributed by atoms with Gasteiger partial charge in [-0.25, -0.2) is 4.98 Å². The fourth-order valence-electron chi connectivity index (χ4n) is 3.21. The van der Waals surface area contributed by atoms with Crippen molar-refractivity contribution in [1.82, 2.24) is 9.55 Å². The van der Waals surface area contributed by atoms with Crippen molar-refractivity contribution in [3.05, 3.63) is 21.6 Å². The van der Waals surface area contributed by atoms with Crippen molar-refractivity contribution in [3.63, 3.8) is 0 Å². The number of aryl methyl sites for hydroxylation is 1. The summed E-state index contributed by atoms with van der Waals surface area (Å²) in [6.07, 6.45) is 4.18. The van der Waals surface area contributed by atoms with E-state index < -0.39 is 5.97 Å². The molecule has 1 aliphatic carbocycles. The molecule has 1 aromatic heterocycles. The van der Waals surface area contributed by atoms with Gasteiger partial charge in [0.2, 0.25) is 5.95 Å². The predicted molar refractivity (Wildman–Crippen MR) is 74.1 cm³/mol. The Labute approximate surface area is 117 Å². The highest BCUT2D eigenvalue weighted by molar-refractivity contribution is 5.71. The summed E-state index contributed by atoms with van der Waals surface area (Å²) in [5.41, 5.74) is 1.77. The minimum absolute atomic E-state index is 0.0277. The summed E-state index contributed by atoms with van der Waals surface area (Å²) >= 11 is 0. The molecule has 2 aliphatic rings. The van der Waals surface area contributed by atoms with Gasteiger partial charge >= 0.3 is 5.97 Å². The highest BCUT2D eigenvalue weighted by Gasteiger charge is 2.29. The van der Waals surface area contributed by atoms with E-state index in [2.05, 4.69) is 4.98 Å². The first-order valence-electron chi connectivity index (χ1n) is 7.14. The van der Waals surface area contributed by atoms with E-state index in [9.17, 15) is 9.59 Å². The predicted octanol–water partition coefficient (Wildman–Crippen LogP) is 0.570. The van der Waals surface area contributed by atoms with Crippen molar-refractivity contribution in [2.24, 2.45) is 13.0 Å². The second-order valence-corrected chi connectivity index (χ2v) is 5.68. The van der Waals surface area contributed by atoms with Gasteiger partial charge in [-0.15, -0.1) is 0 Å². The van der Waals surface area contributed by atoms with Gasteiger partial charge in [-0.05, 0) is 32.1 Å². The second kappa shape index (κ2) is 4.92. The van der Waals surface area contributed by atoms with Gasteiger partial charge in [-0.1, -0.05) is 0 Å². The summed E-state index contributed by atoms with van der Waals surface area (Å²) in [5, 5.41) is 9.17. The van der Waals surface area contributed by atoms with Crippen LogP contribution >= 0.6 is 0 Å². The molecule has 1 atom stereocenters. The Bertz CT molecular complexity index is 608. The van der Waals surface area contributed by atoms with Crippen LogP contribution in [0, 0.1) is 5.92 Å². The molecule has 20 heavy (non-hydrogen) atoms. The van der Waals surface area contributed by atoms with Gasteiger partial charge in [0.1, 0.15) is 0 Å². The number of piperidine rings is 1. The molecule has 0 bridgehead atoms. The van der Waals surface area contributed by atoms with E-state index >= 15 is 0 Å². The number of fused-ring (bicyclic) bond motifs is 1. The standard InChI is InChI=1S/C14H19N3O3/c1-16-12(18)10-5-2-6-11(10)15-14(16)17-7-3-4-9(8-17)13(19)20/h9H,2-8H2,1H3,(H,19,20). The number of carboxylic acid groups (broad SMARTS) is 1. The first-order chi connectivity index (χ1) is 9.58. The maximum absolute atomic E-state index is 12.3. The average molecular weight is 277 g/mol. The van der Waals surface area contributed by atoms with Crippen LogP contribution in [0.25, 0.3) is 0 Å². The van der Waals surface area contributed by atoms with Crippen LogP contribution in [0.2, 0.25) is 0 Å². The van der Waals surface area contributed by atoms with E-state index in [1.54, 1.807) is 11.6 Å². The van der Waals surface area contributed by atoms with Crippen molar-refractivity contribution >= 4 is 11.9 Å². The molecule has 1 saturated heterocycles. The first kappa shape index (κ1) is 13.1. The van der Waals surface area contributed by atoms with Gasteiger partial charge in [0.25, 0.3) is 5.56 Å². The first-order valence-corrected chi connectivity index (χ1v) is 7.14. The normalized spacial score (nSPS) is 21.9. The van der Waals surface area contributed by atoms with Crippen molar-refractivity contribution < 1.29 is 9.90 Å². The summed E-state index contributed by atoms with van der Waals surface area (Å²) in [5.74, 6) is -0.503. The van der Waals surface area contributed by atoms with Gasteiger partial charge in [0.15, 0.2) is 0 Å². The lowest BCUT2D eigenvalue weighted by Gasteiger charge is -2.32. The van der Waals surface area contributed by atoms with E-state index in [0.29, 0.717) is 18.9 Å². The Morgan fingerprint density at radius 3 is 2.90 bits per heavy atom. The number of hydrogen-bond acceptors (Lipinski definition) is 4. The fourth-order valence-corrected chi connectivity index (χ4v) is 3.21. The molecule has 1 aliphatic heterocycles. The molecule has 1 unspecified atom stereocenters. The summed E-state index contributed by atoms with van der Waals surface area (Å²) < 4.78 is 1.58. The summed E-state index contributed by atoms with van der Waals surface area (Å²) in [6.45, 7) is 1.21. The number of anilines is 1. The molecule has 1 aromatic rings. The van der Waals surface area contributed by atoms with Crippen LogP contribution in [0.3, 0.4) is 0 Å². The number of nitrogens with zero attached hydrogens (tertiary/aromatic N) is 3. The zero-order valence-electron chi connectivity index (χ0n) is 11.6. The lowest BCUT2D eigenvalue weighted by Crippen LogP contribution is -2.42. The summed E-state index contributed by atoms with van der Waals surface area (Å²) in [7, 11) is 1.73. The Morgan fingerprint density at radius 2 is 2.15 bits per heavy atom. The third kappa shape index (κ3) is 2.09. The molecular formula is C14H19N3O3. The largest absolute Gasteiger partial charge is 0.481 e. The molecule has 0 spiro atoms. The van der Waals surface area contributed by atoms with Gasteiger partial charge in [0, 0.05) is 25.7 Å². The molecular weight excluding hydrogens is 258 g/mol. The van der Waals surface area contributed by atoms with Crippen molar-refractivity contribution in [1.29, 1.82) is 0 Å².